The first-order valence-electron chi connectivity index (χ1n) is 4.47. The van der Waals surface area contributed by atoms with E-state index in [1.165, 1.54) is 17.6 Å². The Balaban J connectivity index is 2.97. The van der Waals surface area contributed by atoms with E-state index in [1.54, 1.807) is 5.57 Å². The molecule has 0 aliphatic heterocycles. The molecule has 0 nitrogen and oxygen atoms in total. The van der Waals surface area contributed by atoms with Crippen molar-refractivity contribution < 1.29 is 0 Å². The Labute approximate surface area is 70.0 Å². The lowest BCUT2D eigenvalue weighted by molar-refractivity contribution is 0.418. The molecular formula is C11H18. The summed E-state index contributed by atoms with van der Waals surface area (Å²) in [6.45, 7) is 13.1. The Kier molecular flexibility index (Phi) is 1.96. The van der Waals surface area contributed by atoms with Gasteiger partial charge in [0, 0.05) is 5.41 Å². The molecule has 0 amide bonds. The van der Waals surface area contributed by atoms with E-state index in [4.69, 9.17) is 0 Å². The zero-order chi connectivity index (χ0) is 8.65. The van der Waals surface area contributed by atoms with Crippen molar-refractivity contribution in [3.05, 3.63) is 23.3 Å². The minimum atomic E-state index is 0.339. The summed E-state index contributed by atoms with van der Waals surface area (Å²) < 4.78 is 0. The molecule has 0 saturated heterocycles. The summed E-state index contributed by atoms with van der Waals surface area (Å²) in [5.41, 5.74) is 4.78. The molecule has 1 aliphatic rings. The second-order valence-corrected chi connectivity index (χ2v) is 3.62. The van der Waals surface area contributed by atoms with Crippen LogP contribution in [0.5, 0.6) is 0 Å². The fourth-order valence-corrected chi connectivity index (χ4v) is 2.01. The summed E-state index contributed by atoms with van der Waals surface area (Å²) in [7, 11) is 0. The molecule has 0 fully saturated rings. The Morgan fingerprint density at radius 1 is 1.36 bits per heavy atom. The molecule has 0 saturated carbocycles. The zero-order valence-electron chi connectivity index (χ0n) is 8.12. The topological polar surface area (TPSA) is 0 Å². The lowest BCUT2D eigenvalue weighted by Gasteiger charge is -2.44. The average molecular weight is 150 g/mol. The largest absolute Gasteiger partial charge is 0.0947 e. The maximum atomic E-state index is 4.13. The minimum absolute atomic E-state index is 0.339. The van der Waals surface area contributed by atoms with Crippen LogP contribution in [0, 0.1) is 5.41 Å². The van der Waals surface area contributed by atoms with E-state index < -0.39 is 0 Å². The summed E-state index contributed by atoms with van der Waals surface area (Å²) in [4.78, 5) is 0. The van der Waals surface area contributed by atoms with E-state index >= 15 is 0 Å². The van der Waals surface area contributed by atoms with Crippen LogP contribution in [-0.4, -0.2) is 0 Å². The van der Waals surface area contributed by atoms with Crippen LogP contribution in [-0.2, 0) is 0 Å². The van der Waals surface area contributed by atoms with Gasteiger partial charge in [-0.2, -0.15) is 0 Å². The lowest BCUT2D eigenvalue weighted by atomic mass is 9.60. The summed E-state index contributed by atoms with van der Waals surface area (Å²) in [6, 6.07) is 0. The maximum absolute atomic E-state index is 4.13. The monoisotopic (exact) mass is 150 g/mol. The lowest BCUT2D eigenvalue weighted by Crippen LogP contribution is -2.31. The summed E-state index contributed by atoms with van der Waals surface area (Å²) in [6.07, 6.45) is 2.35. The third-order valence-electron chi connectivity index (χ3n) is 3.37. The van der Waals surface area contributed by atoms with E-state index in [0.29, 0.717) is 5.41 Å². The Hall–Kier alpha value is -0.520. The van der Waals surface area contributed by atoms with Crippen LogP contribution >= 0.6 is 0 Å². The fourth-order valence-electron chi connectivity index (χ4n) is 2.01. The molecule has 0 aromatic heterocycles. The van der Waals surface area contributed by atoms with Gasteiger partial charge in [0.2, 0.25) is 0 Å². The van der Waals surface area contributed by atoms with Crippen molar-refractivity contribution in [2.75, 3.05) is 0 Å². The smallest absolute Gasteiger partial charge is 0.0131 e. The molecule has 1 aliphatic carbocycles. The van der Waals surface area contributed by atoms with Gasteiger partial charge < -0.3 is 0 Å². The van der Waals surface area contributed by atoms with Crippen LogP contribution in [0.4, 0.5) is 0 Å². The van der Waals surface area contributed by atoms with Crippen molar-refractivity contribution in [3.8, 4) is 0 Å². The predicted octanol–water partition coefficient (Wildman–Crippen LogP) is 3.70. The van der Waals surface area contributed by atoms with Crippen LogP contribution in [0.2, 0.25) is 0 Å². The highest BCUT2D eigenvalue weighted by Gasteiger charge is 2.39. The van der Waals surface area contributed by atoms with Crippen LogP contribution in [0.25, 0.3) is 0 Å². The van der Waals surface area contributed by atoms with Gasteiger partial charge in [-0.15, -0.1) is 0 Å². The van der Waals surface area contributed by atoms with Gasteiger partial charge in [-0.05, 0) is 30.9 Å². The molecule has 0 aromatic carbocycles. The van der Waals surface area contributed by atoms with Gasteiger partial charge in [0.05, 0.1) is 0 Å². The molecule has 11 heavy (non-hydrogen) atoms. The number of rotatable bonds is 2. The Bertz CT molecular complexity index is 220. The molecular weight excluding hydrogens is 132 g/mol. The van der Waals surface area contributed by atoms with E-state index in [9.17, 15) is 0 Å². The number of hydrogen-bond donors (Lipinski definition) is 0. The third-order valence-corrected chi connectivity index (χ3v) is 3.37. The van der Waals surface area contributed by atoms with Crippen LogP contribution in [0.15, 0.2) is 23.3 Å². The van der Waals surface area contributed by atoms with Crippen molar-refractivity contribution in [1.82, 2.24) is 0 Å². The molecule has 0 N–H and O–H groups in total. The Morgan fingerprint density at radius 3 is 2.18 bits per heavy atom. The normalized spacial score (nSPS) is 30.7. The molecule has 1 atom stereocenters. The van der Waals surface area contributed by atoms with E-state index in [-0.39, 0.29) is 0 Å². The first-order valence-corrected chi connectivity index (χ1v) is 4.47. The van der Waals surface area contributed by atoms with Gasteiger partial charge in [0.15, 0.2) is 0 Å². The van der Waals surface area contributed by atoms with Crippen molar-refractivity contribution >= 4 is 0 Å². The number of hydrogen-bond acceptors (Lipinski definition) is 0. The fraction of sp³-hybridized carbons (Fsp3) is 0.636. The van der Waals surface area contributed by atoms with Gasteiger partial charge in [-0.1, -0.05) is 32.9 Å². The molecule has 0 heterocycles. The molecule has 0 bridgehead atoms. The summed E-state index contributed by atoms with van der Waals surface area (Å²) >= 11 is 0. The van der Waals surface area contributed by atoms with Crippen LogP contribution < -0.4 is 0 Å². The Morgan fingerprint density at radius 2 is 1.91 bits per heavy atom. The highest BCUT2D eigenvalue weighted by molar-refractivity contribution is 5.53. The molecule has 1 unspecified atom stereocenters. The van der Waals surface area contributed by atoms with Crippen molar-refractivity contribution in [1.29, 1.82) is 0 Å². The first kappa shape index (κ1) is 8.58. The third kappa shape index (κ3) is 0.885. The van der Waals surface area contributed by atoms with Crippen molar-refractivity contribution in [2.45, 2.75) is 40.5 Å². The SMILES string of the molecule is C=C1C(CC)=C(C)C1(C)CC. The molecule has 0 radical (unpaired) electrons. The molecule has 1 rings (SSSR count). The zero-order valence-corrected chi connectivity index (χ0v) is 8.12. The second kappa shape index (κ2) is 2.51. The first-order chi connectivity index (χ1) is 5.07. The van der Waals surface area contributed by atoms with Crippen LogP contribution in [0.3, 0.4) is 0 Å². The molecule has 0 heteroatoms. The van der Waals surface area contributed by atoms with E-state index in [1.807, 2.05) is 0 Å². The van der Waals surface area contributed by atoms with Gasteiger partial charge >= 0.3 is 0 Å². The highest BCUT2D eigenvalue weighted by atomic mass is 14.4. The average Bonchev–Trinajstić information content (AvgIpc) is 2.04. The second-order valence-electron chi connectivity index (χ2n) is 3.62. The minimum Gasteiger partial charge on any atom is -0.0947 e. The van der Waals surface area contributed by atoms with Gasteiger partial charge in [-0.3, -0.25) is 0 Å². The maximum Gasteiger partial charge on any atom is 0.0131 e. The standard InChI is InChI=1S/C11H18/c1-6-10-8(3)11(5,7-2)9(10)4/h3,6-7H2,1-2,4-5H3. The molecule has 0 aromatic rings. The number of allylic oxidation sites excluding steroid dienone is 3. The summed E-state index contributed by atoms with van der Waals surface area (Å²) in [5.74, 6) is 0. The molecule has 62 valence electrons. The van der Waals surface area contributed by atoms with Crippen molar-refractivity contribution in [3.63, 3.8) is 0 Å². The summed E-state index contributed by atoms with van der Waals surface area (Å²) in [5, 5.41) is 0. The van der Waals surface area contributed by atoms with Gasteiger partial charge in [-0.25, -0.2) is 0 Å². The van der Waals surface area contributed by atoms with Crippen LogP contribution in [0.1, 0.15) is 40.5 Å². The highest BCUT2D eigenvalue weighted by Crippen LogP contribution is 2.52. The van der Waals surface area contributed by atoms with E-state index in [0.717, 1.165) is 6.42 Å². The van der Waals surface area contributed by atoms with E-state index in [2.05, 4.69) is 34.3 Å². The van der Waals surface area contributed by atoms with Gasteiger partial charge in [0.25, 0.3) is 0 Å². The molecule has 0 spiro atoms. The van der Waals surface area contributed by atoms with Crippen molar-refractivity contribution in [2.24, 2.45) is 5.41 Å². The van der Waals surface area contributed by atoms with Gasteiger partial charge in [0.1, 0.15) is 0 Å². The predicted molar refractivity (Wildman–Crippen MR) is 50.5 cm³/mol. The quantitative estimate of drug-likeness (QED) is 0.563.